The van der Waals surface area contributed by atoms with E-state index in [1.54, 1.807) is 11.8 Å². The van der Waals surface area contributed by atoms with Crippen molar-refractivity contribution in [3.63, 3.8) is 0 Å². The number of quaternary nitrogens is 1. The van der Waals surface area contributed by atoms with Gasteiger partial charge in [-0.2, -0.15) is 0 Å². The third kappa shape index (κ3) is 16.6. The molecule has 1 aromatic heterocycles. The fourth-order valence-electron chi connectivity index (χ4n) is 4.91. The molecular formula is C33H48IN7O5Y. The predicted molar refractivity (Wildman–Crippen MR) is 173 cm³/mol. The summed E-state index contributed by atoms with van der Waals surface area (Å²) in [6.07, 6.45) is 2.94. The second kappa shape index (κ2) is 24.8. The van der Waals surface area contributed by atoms with E-state index >= 15 is 0 Å². The summed E-state index contributed by atoms with van der Waals surface area (Å²) >= 11 is 0. The normalized spacial score (nSPS) is 10.4. The maximum atomic E-state index is 13.2. The number of rotatable bonds is 18. The Hall–Kier alpha value is -2.26. The average molecular weight is 839 g/mol. The van der Waals surface area contributed by atoms with Crippen molar-refractivity contribution in [1.29, 1.82) is 0 Å². The van der Waals surface area contributed by atoms with Gasteiger partial charge in [0.25, 0.3) is 0 Å². The topological polar surface area (TPSA) is 141 Å². The van der Waals surface area contributed by atoms with E-state index < -0.39 is 0 Å². The summed E-state index contributed by atoms with van der Waals surface area (Å²) in [5.74, 6) is 0.444. The van der Waals surface area contributed by atoms with Crippen LogP contribution in [-0.4, -0.2) is 84.8 Å². The van der Waals surface area contributed by atoms with E-state index in [2.05, 4.69) is 60.2 Å². The zero-order valence-corrected chi connectivity index (χ0v) is 33.5. The summed E-state index contributed by atoms with van der Waals surface area (Å²) in [5, 5.41) is 11.1. The van der Waals surface area contributed by atoms with E-state index in [1.165, 1.54) is 18.2 Å². The molecule has 0 N–H and O–H groups in total. The van der Waals surface area contributed by atoms with Crippen LogP contribution in [0.1, 0.15) is 48.2 Å². The molecule has 3 aromatic rings. The number of aromatic nitrogens is 3. The first-order valence-corrected chi connectivity index (χ1v) is 15.3. The van der Waals surface area contributed by atoms with Crippen molar-refractivity contribution in [1.82, 2.24) is 15.0 Å². The summed E-state index contributed by atoms with van der Waals surface area (Å²) in [5.41, 5.74) is 12.6. The minimum atomic E-state index is -0.320. The molecule has 1 radical (unpaired) electrons. The van der Waals surface area contributed by atoms with Gasteiger partial charge in [-0.15, -0.1) is 5.10 Å². The molecule has 0 unspecified atom stereocenters. The van der Waals surface area contributed by atoms with E-state index in [1.807, 2.05) is 36.5 Å². The van der Waals surface area contributed by atoms with Gasteiger partial charge in [0, 0.05) is 76.4 Å². The number of halogens is 1. The number of benzene rings is 2. The molecule has 0 aliphatic carbocycles. The van der Waals surface area contributed by atoms with Gasteiger partial charge in [-0.25, -0.2) is 4.68 Å². The first-order valence-electron chi connectivity index (χ1n) is 15.3. The Bertz CT molecular complexity index is 1370. The fourth-order valence-corrected chi connectivity index (χ4v) is 4.91. The Labute approximate surface area is 321 Å². The van der Waals surface area contributed by atoms with Crippen molar-refractivity contribution in [3.8, 4) is 5.75 Å². The quantitative estimate of drug-likeness (QED) is 0.0280. The zero-order valence-electron chi connectivity index (χ0n) is 28.5. The van der Waals surface area contributed by atoms with Gasteiger partial charge >= 0.3 is 5.97 Å². The number of hydrogen-bond acceptors (Lipinski definition) is 8. The molecule has 0 spiro atoms. The number of aryl methyl sites for hydroxylation is 3. The van der Waals surface area contributed by atoms with Crippen molar-refractivity contribution >= 4 is 11.8 Å². The van der Waals surface area contributed by atoms with Gasteiger partial charge in [0.1, 0.15) is 18.8 Å². The second-order valence-electron chi connectivity index (χ2n) is 10.9. The van der Waals surface area contributed by atoms with Crippen LogP contribution in [0, 0.1) is 13.8 Å². The number of hydrogen-bond donors (Lipinski definition) is 0. The molecule has 0 saturated heterocycles. The number of esters is 1. The van der Waals surface area contributed by atoms with Crippen LogP contribution in [0.4, 0.5) is 0 Å². The largest absolute Gasteiger partial charge is 1.00 e. The number of methoxy groups -OCH3 is 1. The van der Waals surface area contributed by atoms with Crippen molar-refractivity contribution in [3.05, 3.63) is 87.1 Å². The van der Waals surface area contributed by atoms with E-state index in [4.69, 9.17) is 19.7 Å². The number of Topliss-reactive ketones (excluding diaryl/α,β-unsaturated/α-hetero) is 1. The molecule has 12 nitrogen and oxygen atoms in total. The summed E-state index contributed by atoms with van der Waals surface area (Å²) in [4.78, 5) is 28.0. The minimum Gasteiger partial charge on any atom is -1.00 e. The predicted octanol–water partition coefficient (Wildman–Crippen LogP) is 2.19. The maximum Gasteiger partial charge on any atom is 0.311 e. The zero-order chi connectivity index (χ0) is 33.1. The molecule has 0 amide bonds. The molecule has 255 valence electrons. The standard InChI is InChI=1S/C32H45N4O5.CH3N3.HI.Y/c1-6-36(7-2,24-29(37)21-31-25(3)9-8-10-26(31)4)23-27-11-14-30(15-12-27)41-32(38)16-13-28-22-35(34-33-28)17-18-40-20-19-39-5;1-3-4-2;;/h8-12,14-15,22H,6-7,13,16-21,23-24H2,1-5H3;1H3;1H;/q+1;;;/p-1. The molecule has 14 heteroatoms. The van der Waals surface area contributed by atoms with Crippen LogP contribution in [-0.2, 0) is 77.7 Å². The fraction of sp³-hybridized carbons (Fsp3) is 0.515. The Balaban J connectivity index is 0.00000333. The first-order chi connectivity index (χ1) is 21.7. The van der Waals surface area contributed by atoms with Crippen LogP contribution >= 0.6 is 0 Å². The molecule has 2 aromatic carbocycles. The van der Waals surface area contributed by atoms with Gasteiger partial charge in [-0.05, 0) is 74.2 Å². The third-order valence-electron chi connectivity index (χ3n) is 7.70. The maximum absolute atomic E-state index is 13.2. The van der Waals surface area contributed by atoms with Gasteiger partial charge in [-0.3, -0.25) is 9.59 Å². The van der Waals surface area contributed by atoms with Crippen LogP contribution in [0.15, 0.2) is 53.8 Å². The van der Waals surface area contributed by atoms with E-state index in [0.717, 1.165) is 36.5 Å². The van der Waals surface area contributed by atoms with Gasteiger partial charge < -0.3 is 42.7 Å². The van der Waals surface area contributed by atoms with Crippen molar-refractivity contribution < 1.29 is 85.0 Å². The van der Waals surface area contributed by atoms with E-state index in [-0.39, 0.29) is 74.9 Å². The summed E-state index contributed by atoms with van der Waals surface area (Å²) in [6.45, 7) is 13.6. The molecule has 0 aliphatic heterocycles. The number of carbonyl (C=O) groups is 2. The summed E-state index contributed by atoms with van der Waals surface area (Å²) in [7, 11) is 3.02. The molecule has 0 saturated carbocycles. The smallest absolute Gasteiger partial charge is 0.311 e. The third-order valence-corrected chi connectivity index (χ3v) is 7.70. The molecule has 1 heterocycles. The minimum absolute atomic E-state index is 0. The van der Waals surface area contributed by atoms with Crippen LogP contribution < -0.4 is 28.7 Å². The number of ketones is 1. The molecule has 0 atom stereocenters. The SMILES string of the molecule is CC[N+](CC)(CC(=O)Cc1c(C)cccc1C)Cc1ccc(OC(=O)CCc2cn(CCOCCOC)nn2)cc1.CN=[N+]=[N-].[I-].[Y]. The van der Waals surface area contributed by atoms with Crippen LogP contribution in [0.2, 0.25) is 0 Å². The molecule has 47 heavy (non-hydrogen) atoms. The van der Waals surface area contributed by atoms with Gasteiger partial charge in [-0.1, -0.05) is 28.5 Å². The van der Waals surface area contributed by atoms with E-state index in [0.29, 0.717) is 56.0 Å². The van der Waals surface area contributed by atoms with Crippen molar-refractivity contribution in [2.24, 2.45) is 5.11 Å². The molecule has 0 aliphatic rings. The Kier molecular flexibility index (Phi) is 23.6. The second-order valence-corrected chi connectivity index (χ2v) is 10.9. The number of ether oxygens (including phenoxy) is 3. The summed E-state index contributed by atoms with van der Waals surface area (Å²) in [6, 6.07) is 13.8. The van der Waals surface area contributed by atoms with Gasteiger partial charge in [0.05, 0.1) is 51.6 Å². The average Bonchev–Trinajstić information content (AvgIpc) is 3.50. The Morgan fingerprint density at radius 1 is 1.02 bits per heavy atom. The number of azide groups is 1. The van der Waals surface area contributed by atoms with Crippen molar-refractivity contribution in [2.45, 2.75) is 60.0 Å². The molecule has 0 fully saturated rings. The van der Waals surface area contributed by atoms with Crippen LogP contribution in [0.25, 0.3) is 10.4 Å². The monoisotopic (exact) mass is 838 g/mol. The molecular weight excluding hydrogens is 790 g/mol. The van der Waals surface area contributed by atoms with Crippen LogP contribution in [0.3, 0.4) is 0 Å². The molecule has 3 rings (SSSR count). The number of nitrogens with zero attached hydrogens (tertiary/aromatic N) is 7. The van der Waals surface area contributed by atoms with E-state index in [9.17, 15) is 9.59 Å². The number of likely N-dealkylation sites (N-methyl/N-ethyl adjacent to an activating group) is 1. The van der Waals surface area contributed by atoms with Crippen LogP contribution in [0.5, 0.6) is 5.75 Å². The summed E-state index contributed by atoms with van der Waals surface area (Å²) < 4.78 is 18.3. The Morgan fingerprint density at radius 2 is 1.66 bits per heavy atom. The molecule has 0 bridgehead atoms. The number of carbonyl (C=O) groups excluding carboxylic acids is 2. The Morgan fingerprint density at radius 3 is 2.23 bits per heavy atom. The van der Waals surface area contributed by atoms with Crippen molar-refractivity contribution in [2.75, 3.05) is 53.6 Å². The first kappa shape index (κ1) is 44.7. The van der Waals surface area contributed by atoms with Gasteiger partial charge in [0.15, 0.2) is 5.78 Å². The van der Waals surface area contributed by atoms with Gasteiger partial charge in [0.2, 0.25) is 0 Å².